The summed E-state index contributed by atoms with van der Waals surface area (Å²) in [6, 6.07) is 10.6. The molecule has 1 aliphatic heterocycles. The molecule has 0 unspecified atom stereocenters. The second kappa shape index (κ2) is 7.92. The standard InChI is InChI=1S/C18H21ClFN3O/c19-16-5-3-8-21-18(16)23-10-9-22(15(13-23)7-11-24)12-14-4-1-2-6-17(14)20/h1-6,8,15,24H,7,9-13H2/t15-/m1/s1. The van der Waals surface area contributed by atoms with Gasteiger partial charge in [0.1, 0.15) is 11.6 Å². The molecule has 1 saturated heterocycles. The third-order valence-electron chi connectivity index (χ3n) is 4.44. The van der Waals surface area contributed by atoms with Crippen LogP contribution in [0.1, 0.15) is 12.0 Å². The van der Waals surface area contributed by atoms with Crippen LogP contribution < -0.4 is 4.90 Å². The smallest absolute Gasteiger partial charge is 0.147 e. The lowest BCUT2D eigenvalue weighted by Crippen LogP contribution is -2.53. The number of aromatic nitrogens is 1. The van der Waals surface area contributed by atoms with Gasteiger partial charge in [-0.15, -0.1) is 0 Å². The lowest BCUT2D eigenvalue weighted by molar-refractivity contribution is 0.134. The zero-order valence-electron chi connectivity index (χ0n) is 13.4. The number of halogens is 2. The zero-order valence-corrected chi connectivity index (χ0v) is 14.2. The third kappa shape index (κ3) is 3.86. The average Bonchev–Trinajstić information content (AvgIpc) is 2.59. The Morgan fingerprint density at radius 3 is 2.79 bits per heavy atom. The van der Waals surface area contributed by atoms with Gasteiger partial charge in [0.25, 0.3) is 0 Å². The number of benzene rings is 1. The Morgan fingerprint density at radius 1 is 1.21 bits per heavy atom. The van der Waals surface area contributed by atoms with Gasteiger partial charge in [-0.1, -0.05) is 29.8 Å². The van der Waals surface area contributed by atoms with Gasteiger partial charge in [0.2, 0.25) is 0 Å². The molecule has 128 valence electrons. The van der Waals surface area contributed by atoms with Gasteiger partial charge in [0, 0.05) is 50.6 Å². The Morgan fingerprint density at radius 2 is 2.04 bits per heavy atom. The Balaban J connectivity index is 1.74. The molecule has 1 aromatic heterocycles. The molecule has 2 heterocycles. The van der Waals surface area contributed by atoms with E-state index in [2.05, 4.69) is 14.8 Å². The fourth-order valence-corrected chi connectivity index (χ4v) is 3.41. The van der Waals surface area contributed by atoms with Crippen molar-refractivity contribution in [3.05, 3.63) is 59.0 Å². The van der Waals surface area contributed by atoms with Crippen LogP contribution in [0, 0.1) is 5.82 Å². The van der Waals surface area contributed by atoms with Gasteiger partial charge in [0.05, 0.1) is 5.02 Å². The molecule has 24 heavy (non-hydrogen) atoms. The average molecular weight is 350 g/mol. The van der Waals surface area contributed by atoms with Crippen LogP contribution in [-0.2, 0) is 6.54 Å². The van der Waals surface area contributed by atoms with Crippen molar-refractivity contribution in [1.82, 2.24) is 9.88 Å². The lowest BCUT2D eigenvalue weighted by atomic mass is 10.1. The van der Waals surface area contributed by atoms with Gasteiger partial charge in [-0.2, -0.15) is 0 Å². The SMILES string of the molecule is OCC[C@@H]1CN(c2ncccc2Cl)CCN1Cc1ccccc1F. The number of aliphatic hydroxyl groups excluding tert-OH is 1. The molecule has 0 saturated carbocycles. The van der Waals surface area contributed by atoms with Gasteiger partial charge in [-0.3, -0.25) is 4.90 Å². The maximum atomic E-state index is 13.9. The molecule has 1 N–H and O–H groups in total. The molecule has 1 aromatic carbocycles. The Bertz CT molecular complexity index is 685. The molecular weight excluding hydrogens is 329 g/mol. The van der Waals surface area contributed by atoms with Gasteiger partial charge < -0.3 is 10.0 Å². The highest BCUT2D eigenvalue weighted by Gasteiger charge is 2.28. The summed E-state index contributed by atoms with van der Waals surface area (Å²) < 4.78 is 13.9. The van der Waals surface area contributed by atoms with E-state index in [1.165, 1.54) is 6.07 Å². The molecule has 0 spiro atoms. The molecule has 2 aromatic rings. The first kappa shape index (κ1) is 17.1. The lowest BCUT2D eigenvalue weighted by Gasteiger charge is -2.42. The fraction of sp³-hybridized carbons (Fsp3) is 0.389. The van der Waals surface area contributed by atoms with Crippen LogP contribution in [0.3, 0.4) is 0 Å². The summed E-state index contributed by atoms with van der Waals surface area (Å²) in [5, 5.41) is 10.0. The highest BCUT2D eigenvalue weighted by atomic mass is 35.5. The zero-order chi connectivity index (χ0) is 16.9. The molecule has 0 bridgehead atoms. The van der Waals surface area contributed by atoms with Crippen molar-refractivity contribution in [2.45, 2.75) is 19.0 Å². The topological polar surface area (TPSA) is 39.6 Å². The van der Waals surface area contributed by atoms with Gasteiger partial charge in [-0.25, -0.2) is 9.37 Å². The molecule has 3 rings (SSSR count). The minimum absolute atomic E-state index is 0.0994. The van der Waals surface area contributed by atoms with Gasteiger partial charge in [-0.05, 0) is 24.6 Å². The van der Waals surface area contributed by atoms with E-state index in [-0.39, 0.29) is 18.5 Å². The normalized spacial score (nSPS) is 18.8. The van der Waals surface area contributed by atoms with Crippen molar-refractivity contribution in [2.75, 3.05) is 31.1 Å². The van der Waals surface area contributed by atoms with Crippen molar-refractivity contribution in [3.8, 4) is 0 Å². The second-order valence-electron chi connectivity index (χ2n) is 5.98. The number of rotatable bonds is 5. The van der Waals surface area contributed by atoms with Gasteiger partial charge >= 0.3 is 0 Å². The van der Waals surface area contributed by atoms with E-state index in [1.807, 2.05) is 24.3 Å². The van der Waals surface area contributed by atoms with Crippen LogP contribution in [0.4, 0.5) is 10.2 Å². The molecule has 1 atom stereocenters. The van der Waals surface area contributed by atoms with E-state index in [4.69, 9.17) is 11.6 Å². The predicted octanol–water partition coefficient (Wildman–Crippen LogP) is 2.95. The first-order valence-corrected chi connectivity index (χ1v) is 8.50. The number of hydrogen-bond donors (Lipinski definition) is 1. The molecule has 0 radical (unpaired) electrons. The van der Waals surface area contributed by atoms with Crippen molar-refractivity contribution < 1.29 is 9.50 Å². The predicted molar refractivity (Wildman–Crippen MR) is 93.8 cm³/mol. The summed E-state index contributed by atoms with van der Waals surface area (Å²) in [6.45, 7) is 2.90. The summed E-state index contributed by atoms with van der Waals surface area (Å²) >= 11 is 6.25. The number of piperazine rings is 1. The van der Waals surface area contributed by atoms with Crippen molar-refractivity contribution >= 4 is 17.4 Å². The number of aliphatic hydroxyl groups is 1. The Hall–Kier alpha value is -1.69. The number of nitrogens with zero attached hydrogens (tertiary/aromatic N) is 3. The molecular formula is C18H21ClFN3O. The van der Waals surface area contributed by atoms with Crippen molar-refractivity contribution in [1.29, 1.82) is 0 Å². The van der Waals surface area contributed by atoms with Crippen LogP contribution in [0.25, 0.3) is 0 Å². The summed E-state index contributed by atoms with van der Waals surface area (Å²) in [6.07, 6.45) is 2.36. The largest absolute Gasteiger partial charge is 0.396 e. The Kier molecular flexibility index (Phi) is 5.66. The monoisotopic (exact) mass is 349 g/mol. The number of hydrogen-bond acceptors (Lipinski definition) is 4. The van der Waals surface area contributed by atoms with Crippen molar-refractivity contribution in [2.24, 2.45) is 0 Å². The highest BCUT2D eigenvalue weighted by Crippen LogP contribution is 2.26. The quantitative estimate of drug-likeness (QED) is 0.901. The van der Waals surface area contributed by atoms with Gasteiger partial charge in [0.15, 0.2) is 0 Å². The molecule has 0 amide bonds. The van der Waals surface area contributed by atoms with Crippen LogP contribution >= 0.6 is 11.6 Å². The molecule has 4 nitrogen and oxygen atoms in total. The first-order valence-electron chi connectivity index (χ1n) is 8.13. The van der Waals surface area contributed by atoms with Crippen LogP contribution in [0.15, 0.2) is 42.6 Å². The van der Waals surface area contributed by atoms with Crippen molar-refractivity contribution in [3.63, 3.8) is 0 Å². The first-order chi connectivity index (χ1) is 11.7. The van der Waals surface area contributed by atoms with Crippen LogP contribution in [-0.4, -0.2) is 47.3 Å². The maximum absolute atomic E-state index is 13.9. The maximum Gasteiger partial charge on any atom is 0.147 e. The van der Waals surface area contributed by atoms with E-state index in [1.54, 1.807) is 12.3 Å². The molecule has 1 fully saturated rings. The van der Waals surface area contributed by atoms with E-state index in [0.29, 0.717) is 30.1 Å². The second-order valence-corrected chi connectivity index (χ2v) is 6.39. The van der Waals surface area contributed by atoms with E-state index in [9.17, 15) is 9.50 Å². The van der Waals surface area contributed by atoms with E-state index >= 15 is 0 Å². The fourth-order valence-electron chi connectivity index (χ4n) is 3.17. The molecule has 6 heteroatoms. The van der Waals surface area contributed by atoms with Crippen LogP contribution in [0.2, 0.25) is 5.02 Å². The van der Waals surface area contributed by atoms with E-state index < -0.39 is 0 Å². The minimum atomic E-state index is -0.185. The van der Waals surface area contributed by atoms with Crippen LogP contribution in [0.5, 0.6) is 0 Å². The Labute approximate surface area is 146 Å². The number of pyridine rings is 1. The summed E-state index contributed by atoms with van der Waals surface area (Å²) in [4.78, 5) is 8.74. The number of anilines is 1. The van der Waals surface area contributed by atoms with E-state index in [0.717, 1.165) is 18.9 Å². The molecule has 0 aliphatic carbocycles. The summed E-state index contributed by atoms with van der Waals surface area (Å²) in [7, 11) is 0. The summed E-state index contributed by atoms with van der Waals surface area (Å²) in [5.41, 5.74) is 0.685. The minimum Gasteiger partial charge on any atom is -0.396 e. The summed E-state index contributed by atoms with van der Waals surface area (Å²) in [5.74, 6) is 0.586. The highest BCUT2D eigenvalue weighted by molar-refractivity contribution is 6.32. The third-order valence-corrected chi connectivity index (χ3v) is 4.73. The molecule has 1 aliphatic rings.